The first-order valence-corrected chi connectivity index (χ1v) is 16.8. The Bertz CT molecular complexity index is 2580. The van der Waals surface area contributed by atoms with Crippen LogP contribution in [0.1, 0.15) is 21.5 Å². The Morgan fingerprint density at radius 3 is 1.69 bits per heavy atom. The molecule has 0 aliphatic carbocycles. The van der Waals surface area contributed by atoms with Crippen molar-refractivity contribution < 1.29 is 92.2 Å². The van der Waals surface area contributed by atoms with Crippen LogP contribution in [0, 0.1) is 13.8 Å². The van der Waals surface area contributed by atoms with Gasteiger partial charge in [0.2, 0.25) is 0 Å². The van der Waals surface area contributed by atoms with Crippen LogP contribution in [0.4, 0.5) is 39.8 Å². The smallest absolute Gasteiger partial charge is 0.872 e. The zero-order valence-corrected chi connectivity index (χ0v) is 34.2. The van der Waals surface area contributed by atoms with E-state index in [9.17, 15) is 28.0 Å². The van der Waals surface area contributed by atoms with Crippen LogP contribution in [-0.4, -0.2) is 24.0 Å². The maximum absolute atomic E-state index is 13.2. The summed E-state index contributed by atoms with van der Waals surface area (Å²) in [4.78, 5) is 10.5. The van der Waals surface area contributed by atoms with Crippen molar-refractivity contribution in [3.8, 4) is 22.6 Å². The first-order valence-electron chi connectivity index (χ1n) is 15.4. The summed E-state index contributed by atoms with van der Waals surface area (Å²) < 4.78 is 34.1. The third kappa shape index (κ3) is 9.63. The Morgan fingerprint density at radius 2 is 1.15 bits per heavy atom. The maximum Gasteiger partial charge on any atom is 1.00 e. The zero-order valence-electron chi connectivity index (χ0n) is 29.4. The molecule has 4 N–H and O–H groups in total. The van der Waals surface area contributed by atoms with Crippen molar-refractivity contribution in [3.05, 3.63) is 120 Å². The number of rotatable bonds is 9. The third-order valence-corrected chi connectivity index (χ3v) is 8.79. The van der Waals surface area contributed by atoms with Gasteiger partial charge < -0.3 is 21.1 Å². The van der Waals surface area contributed by atoms with E-state index < -0.39 is 38.2 Å². The Hall–Kier alpha value is -4.84. The van der Waals surface area contributed by atoms with Gasteiger partial charge in [-0.15, -0.1) is 5.11 Å². The number of carboxylic acids is 1. The number of aromatic carboxylic acids is 1. The van der Waals surface area contributed by atoms with Crippen molar-refractivity contribution >= 4 is 66.7 Å². The van der Waals surface area contributed by atoms with Gasteiger partial charge in [-0.25, -0.2) is 4.79 Å². The second-order valence-corrected chi connectivity index (χ2v) is 13.0. The molecule has 0 aliphatic heterocycles. The fraction of sp³-hybridized carbons (Fsp3) is 0.0541. The van der Waals surface area contributed by atoms with Crippen LogP contribution < -0.4 is 75.1 Å². The first kappa shape index (κ1) is 41.9. The number of hydrogen-bond donors (Lipinski definition) is 3. The Balaban J connectivity index is 0.00000325. The summed E-state index contributed by atoms with van der Waals surface area (Å²) in [6.07, 6.45) is 0. The molecular weight excluding hydrogens is 732 g/mol. The van der Waals surface area contributed by atoms with Gasteiger partial charge in [0.25, 0.3) is 10.1 Å². The van der Waals surface area contributed by atoms with Crippen LogP contribution in [-0.2, 0) is 10.1 Å². The van der Waals surface area contributed by atoms with Crippen molar-refractivity contribution in [1.29, 1.82) is 0 Å². The number of anilines is 1. The molecular formula is C37H27N7Na2O7S. The fourth-order valence-corrected chi connectivity index (χ4v) is 5.81. The van der Waals surface area contributed by atoms with Gasteiger partial charge in [0, 0.05) is 5.69 Å². The van der Waals surface area contributed by atoms with Gasteiger partial charge in [-0.2, -0.15) is 34.0 Å². The summed E-state index contributed by atoms with van der Waals surface area (Å²) in [5.41, 5.74) is 10.6. The Kier molecular flexibility index (Phi) is 13.6. The number of carboxylic acid groups (broad SMARTS) is 1. The van der Waals surface area contributed by atoms with E-state index in [-0.39, 0.29) is 81.1 Å². The first-order chi connectivity index (χ1) is 24.8. The molecule has 6 aromatic carbocycles. The van der Waals surface area contributed by atoms with Crippen LogP contribution in [0.2, 0.25) is 0 Å². The van der Waals surface area contributed by atoms with Gasteiger partial charge in [-0.05, 0) is 114 Å². The van der Waals surface area contributed by atoms with Crippen LogP contribution in [0.15, 0.2) is 139 Å². The van der Waals surface area contributed by atoms with Crippen molar-refractivity contribution in [1.82, 2.24) is 0 Å². The van der Waals surface area contributed by atoms with E-state index in [1.54, 1.807) is 50.2 Å². The molecule has 0 aliphatic rings. The number of carbonyl (C=O) groups is 1. The van der Waals surface area contributed by atoms with Gasteiger partial charge >= 0.3 is 65.1 Å². The van der Waals surface area contributed by atoms with Crippen LogP contribution in [0.5, 0.6) is 11.5 Å². The Labute approximate surface area is 353 Å². The molecule has 0 atom stereocenters. The summed E-state index contributed by atoms with van der Waals surface area (Å²) in [5, 5.41) is 59.4. The molecule has 0 bridgehead atoms. The molecule has 0 spiro atoms. The zero-order chi connectivity index (χ0) is 37.2. The van der Waals surface area contributed by atoms with Gasteiger partial charge in [0.05, 0.1) is 39.7 Å². The molecule has 260 valence electrons. The molecule has 6 rings (SSSR count). The van der Waals surface area contributed by atoms with E-state index in [4.69, 9.17) is 10.8 Å². The molecule has 54 heavy (non-hydrogen) atoms. The van der Waals surface area contributed by atoms with Gasteiger partial charge in [-0.1, -0.05) is 47.9 Å². The van der Waals surface area contributed by atoms with Crippen LogP contribution in [0.25, 0.3) is 21.9 Å². The van der Waals surface area contributed by atoms with Gasteiger partial charge in [-0.3, -0.25) is 4.55 Å². The number of benzene rings is 6. The summed E-state index contributed by atoms with van der Waals surface area (Å²) >= 11 is 0. The van der Waals surface area contributed by atoms with Crippen molar-refractivity contribution in [2.75, 3.05) is 5.73 Å². The Morgan fingerprint density at radius 1 is 0.648 bits per heavy atom. The summed E-state index contributed by atoms with van der Waals surface area (Å²) in [6.45, 7) is 3.54. The van der Waals surface area contributed by atoms with Crippen molar-refractivity contribution in [3.63, 3.8) is 0 Å². The molecule has 0 unspecified atom stereocenters. The number of nitrogens with zero attached hydrogens (tertiary/aromatic N) is 6. The molecule has 0 saturated heterocycles. The number of nitrogens with two attached hydrogens (primary N) is 1. The minimum Gasteiger partial charge on any atom is -0.872 e. The number of azo groups is 3. The maximum atomic E-state index is 13.2. The molecule has 0 aromatic heterocycles. The number of hydrogen-bond acceptors (Lipinski definition) is 12. The largest absolute Gasteiger partial charge is 1.00 e. The van der Waals surface area contributed by atoms with Crippen molar-refractivity contribution in [2.45, 2.75) is 18.7 Å². The van der Waals surface area contributed by atoms with E-state index in [1.807, 2.05) is 24.3 Å². The minimum atomic E-state index is -4.80. The summed E-state index contributed by atoms with van der Waals surface area (Å²) in [5.74, 6) is -2.67. The molecule has 0 fully saturated rings. The molecule has 0 heterocycles. The predicted octanol–water partition coefficient (Wildman–Crippen LogP) is 3.05. The van der Waals surface area contributed by atoms with E-state index in [1.165, 1.54) is 30.3 Å². The SMILES string of the molecule is Cc1cc(N=Nc2c(S(=O)(=O)O)cc3ccc(N)cc3c2[O-])c(C)cc1N=Nc1ccc(-c2ccc(N=Nc3ccc([O-])c(C(=O)O)c3)cc2)cc1.[Na+].[Na+]. The van der Waals surface area contributed by atoms with Gasteiger partial charge in [0.1, 0.15) is 4.90 Å². The average molecular weight is 760 g/mol. The van der Waals surface area contributed by atoms with E-state index in [0.717, 1.165) is 23.3 Å². The molecule has 0 radical (unpaired) electrons. The molecule has 17 heteroatoms. The third-order valence-electron chi connectivity index (χ3n) is 7.92. The van der Waals surface area contributed by atoms with Crippen molar-refractivity contribution in [2.24, 2.45) is 30.7 Å². The molecule has 14 nitrogen and oxygen atoms in total. The molecule has 0 amide bonds. The minimum absolute atomic E-state index is 0. The normalized spacial score (nSPS) is 11.6. The molecule has 0 saturated carbocycles. The summed E-state index contributed by atoms with van der Waals surface area (Å²) in [7, 11) is -4.80. The summed E-state index contributed by atoms with van der Waals surface area (Å²) in [6, 6.07) is 27.3. The predicted molar refractivity (Wildman–Crippen MR) is 191 cm³/mol. The second-order valence-electron chi connectivity index (χ2n) is 11.6. The van der Waals surface area contributed by atoms with E-state index in [0.29, 0.717) is 39.6 Å². The van der Waals surface area contributed by atoms with Crippen LogP contribution >= 0.6 is 0 Å². The van der Waals surface area contributed by atoms with Gasteiger partial charge in [0.15, 0.2) is 0 Å². The molecule has 6 aromatic rings. The number of fused-ring (bicyclic) bond motifs is 1. The number of nitrogen functional groups attached to an aromatic ring is 1. The number of aryl methyl sites for hydroxylation is 2. The second kappa shape index (κ2) is 17.5. The quantitative estimate of drug-likeness (QED) is 0.0855. The monoisotopic (exact) mass is 759 g/mol. The van der Waals surface area contributed by atoms with Crippen LogP contribution in [0.3, 0.4) is 0 Å². The fourth-order valence-electron chi connectivity index (χ4n) is 5.16. The van der Waals surface area contributed by atoms with E-state index >= 15 is 0 Å². The van der Waals surface area contributed by atoms with E-state index in [2.05, 4.69) is 30.7 Å². The standard InChI is InChI=1S/C37H29N7O7S.2Na/c1-20-16-32(43-44-35-34(52(49,50)51)17-24-3-8-25(38)18-29(24)36(35)46)21(2)15-31(20)42-40-27-11-6-23(7-12-27)22-4-9-26(10-5-22)39-41-28-13-14-33(45)30(19-28)37(47)48;;/h3-19,45-46H,38H2,1-2H3,(H,47,48)(H,49,50,51);;/q;2*+1/p-2. The topological polar surface area (TPSA) is 238 Å². The average Bonchev–Trinajstić information content (AvgIpc) is 3.11.